The smallest absolute Gasteiger partial charge is 0.306 e. The van der Waals surface area contributed by atoms with Crippen molar-refractivity contribution in [3.63, 3.8) is 0 Å². The second kappa shape index (κ2) is 43.0. The van der Waals surface area contributed by atoms with Gasteiger partial charge in [-0.1, -0.05) is 191 Å². The molecule has 8 nitrogen and oxygen atoms in total. The van der Waals surface area contributed by atoms with Crippen molar-refractivity contribution in [3.05, 3.63) is 48.6 Å². The lowest BCUT2D eigenvalue weighted by atomic mass is 10.0. The highest BCUT2D eigenvalue weighted by Crippen LogP contribution is 2.15. The zero-order valence-electron chi connectivity index (χ0n) is 39.6. The molecule has 0 amide bonds. The van der Waals surface area contributed by atoms with Crippen LogP contribution in [0.15, 0.2) is 48.6 Å². The number of esters is 2. The molecular weight excluding hydrogens is 751 g/mol. The van der Waals surface area contributed by atoms with Gasteiger partial charge in [0.1, 0.15) is 12.6 Å². The number of quaternary nitrogens is 1. The number of aliphatic carboxylic acids is 1. The molecule has 0 heterocycles. The van der Waals surface area contributed by atoms with Crippen LogP contribution in [0, 0.1) is 0 Å². The lowest BCUT2D eigenvalue weighted by molar-refractivity contribution is -0.889. The minimum Gasteiger partial charge on any atom is -0.544 e. The number of hydrogen-bond acceptors (Lipinski definition) is 7. The zero-order chi connectivity index (χ0) is 44.2. The minimum atomic E-state index is -1.12. The van der Waals surface area contributed by atoms with Crippen molar-refractivity contribution in [3.8, 4) is 0 Å². The average molecular weight is 844 g/mol. The summed E-state index contributed by atoms with van der Waals surface area (Å²) in [6.45, 7) is 4.56. The van der Waals surface area contributed by atoms with Crippen LogP contribution in [0.4, 0.5) is 0 Å². The van der Waals surface area contributed by atoms with E-state index in [0.717, 1.165) is 64.2 Å². The van der Waals surface area contributed by atoms with Crippen molar-refractivity contribution in [2.45, 2.75) is 225 Å². The van der Waals surface area contributed by atoms with Gasteiger partial charge in [0, 0.05) is 19.3 Å². The normalized spacial score (nSPS) is 13.3. The number of carboxylic acids is 1. The van der Waals surface area contributed by atoms with E-state index in [0.29, 0.717) is 12.8 Å². The number of likely N-dealkylation sites (N-methyl/N-ethyl adjacent to an activating group) is 1. The maximum absolute atomic E-state index is 12.8. The molecule has 2 atom stereocenters. The first kappa shape index (κ1) is 57.3. The summed E-state index contributed by atoms with van der Waals surface area (Å²) in [6, 6.07) is -0.726. The number of carbonyl (C=O) groups excluding carboxylic acids is 3. The summed E-state index contributed by atoms with van der Waals surface area (Å²) >= 11 is 0. The van der Waals surface area contributed by atoms with Crippen molar-refractivity contribution in [2.24, 2.45) is 0 Å². The van der Waals surface area contributed by atoms with Gasteiger partial charge in [-0.05, 0) is 51.4 Å². The number of ether oxygens (including phenoxy) is 3. The summed E-state index contributed by atoms with van der Waals surface area (Å²) in [4.78, 5) is 37.0. The van der Waals surface area contributed by atoms with Crippen molar-refractivity contribution in [1.82, 2.24) is 0 Å². The Kier molecular flexibility index (Phi) is 41.0. The molecule has 348 valence electrons. The van der Waals surface area contributed by atoms with Gasteiger partial charge in [0.25, 0.3) is 0 Å². The molecule has 0 bridgehead atoms. The van der Waals surface area contributed by atoms with Gasteiger partial charge in [0.05, 0.1) is 40.3 Å². The number of unbranched alkanes of at least 4 members (excludes halogenated alkanes) is 22. The maximum atomic E-state index is 12.8. The summed E-state index contributed by atoms with van der Waals surface area (Å²) in [5.41, 5.74) is 0. The Bertz CT molecular complexity index is 1120. The third-order valence-corrected chi connectivity index (χ3v) is 11.0. The van der Waals surface area contributed by atoms with E-state index in [4.69, 9.17) is 14.2 Å². The largest absolute Gasteiger partial charge is 0.544 e. The second-order valence-corrected chi connectivity index (χ2v) is 17.7. The fraction of sp³-hybridized carbons (Fsp3) is 0.788. The summed E-state index contributed by atoms with van der Waals surface area (Å²) in [5.74, 6) is -1.73. The van der Waals surface area contributed by atoms with Crippen LogP contribution in [0.5, 0.6) is 0 Å². The van der Waals surface area contributed by atoms with E-state index in [1.807, 2.05) is 0 Å². The first-order chi connectivity index (χ1) is 29.1. The number of carbonyl (C=O) groups is 3. The fourth-order valence-corrected chi connectivity index (χ4v) is 7.18. The molecule has 0 aromatic heterocycles. The van der Waals surface area contributed by atoms with E-state index < -0.39 is 18.1 Å². The Morgan fingerprint density at radius 1 is 0.517 bits per heavy atom. The monoisotopic (exact) mass is 844 g/mol. The molecule has 0 saturated carbocycles. The molecule has 0 fully saturated rings. The number of carboxylic acid groups (broad SMARTS) is 1. The minimum absolute atomic E-state index is 0.0408. The predicted molar refractivity (Wildman–Crippen MR) is 250 cm³/mol. The first-order valence-electron chi connectivity index (χ1n) is 24.7. The van der Waals surface area contributed by atoms with Gasteiger partial charge in [-0.15, -0.1) is 0 Å². The van der Waals surface area contributed by atoms with Crippen molar-refractivity contribution in [2.75, 3.05) is 41.0 Å². The number of rotatable bonds is 44. The van der Waals surface area contributed by atoms with Gasteiger partial charge in [-0.2, -0.15) is 0 Å². The van der Waals surface area contributed by atoms with Gasteiger partial charge in [-0.3, -0.25) is 9.59 Å². The van der Waals surface area contributed by atoms with Gasteiger partial charge >= 0.3 is 11.9 Å². The van der Waals surface area contributed by atoms with Crippen LogP contribution in [-0.4, -0.2) is 75.5 Å². The molecule has 2 unspecified atom stereocenters. The molecular formula is C52H93NO7. The Hall–Kier alpha value is -2.71. The zero-order valence-corrected chi connectivity index (χ0v) is 39.6. The van der Waals surface area contributed by atoms with Crippen LogP contribution in [0.25, 0.3) is 0 Å². The number of allylic oxidation sites excluding steroid dienone is 8. The molecule has 8 heteroatoms. The summed E-state index contributed by atoms with van der Waals surface area (Å²) < 4.78 is 17.2. The third-order valence-electron chi connectivity index (χ3n) is 11.0. The highest BCUT2D eigenvalue weighted by molar-refractivity contribution is 5.70. The molecule has 0 spiro atoms. The van der Waals surface area contributed by atoms with Gasteiger partial charge < -0.3 is 28.6 Å². The van der Waals surface area contributed by atoms with Gasteiger partial charge in [0.15, 0.2) is 6.10 Å². The van der Waals surface area contributed by atoms with Crippen LogP contribution in [0.3, 0.4) is 0 Å². The van der Waals surface area contributed by atoms with E-state index in [2.05, 4.69) is 62.5 Å². The molecule has 0 aromatic carbocycles. The van der Waals surface area contributed by atoms with Crippen LogP contribution in [-0.2, 0) is 28.6 Å². The second-order valence-electron chi connectivity index (χ2n) is 17.7. The SMILES string of the molecule is CC/C=C\C/C=C\C/C=C\C/C=C\CCCCCCCCCCCCC(=O)OC(COCCC(C(=O)[O-])[N+](C)(C)C)COC(=O)CCCCCCCCCCCCCCC. The maximum Gasteiger partial charge on any atom is 0.306 e. The standard InChI is InChI=1S/C52H93NO7/c1-6-8-10-12-14-16-18-20-21-22-23-24-25-26-27-28-29-31-33-35-37-39-41-43-51(55)60-48(46-58-45-44-49(52(56)57)53(3,4)5)47-59-50(54)42-40-38-36-34-32-30-19-17-15-13-11-9-7-2/h8,10,14,16,20-21,23-24,48-49H,6-7,9,11-13,15,17-19,22,25-47H2,1-5H3/b10-8-,16-14-,21-20-,24-23-. The molecule has 60 heavy (non-hydrogen) atoms. The van der Waals surface area contributed by atoms with E-state index in [1.54, 1.807) is 21.1 Å². The fourth-order valence-electron chi connectivity index (χ4n) is 7.18. The summed E-state index contributed by atoms with van der Waals surface area (Å²) in [6.07, 6.45) is 51.3. The van der Waals surface area contributed by atoms with E-state index in [1.165, 1.54) is 116 Å². The van der Waals surface area contributed by atoms with Crippen molar-refractivity contribution in [1.29, 1.82) is 0 Å². The Morgan fingerprint density at radius 3 is 1.38 bits per heavy atom. The quantitative estimate of drug-likeness (QED) is 0.0260. The van der Waals surface area contributed by atoms with Crippen molar-refractivity contribution < 1.29 is 38.2 Å². The van der Waals surface area contributed by atoms with Crippen molar-refractivity contribution >= 4 is 17.9 Å². The third kappa shape index (κ3) is 40.7. The molecule has 0 aliphatic heterocycles. The molecule has 0 N–H and O–H groups in total. The van der Waals surface area contributed by atoms with Gasteiger partial charge in [0.2, 0.25) is 0 Å². The summed E-state index contributed by atoms with van der Waals surface area (Å²) in [5, 5.41) is 11.6. The number of hydrogen-bond donors (Lipinski definition) is 0. The Balaban J connectivity index is 4.23. The first-order valence-corrected chi connectivity index (χ1v) is 24.7. The lowest BCUT2D eigenvalue weighted by Gasteiger charge is -2.34. The highest BCUT2D eigenvalue weighted by atomic mass is 16.6. The van der Waals surface area contributed by atoms with E-state index >= 15 is 0 Å². The molecule has 0 saturated heterocycles. The Labute approximate surface area is 369 Å². The van der Waals surface area contributed by atoms with Gasteiger partial charge in [-0.25, -0.2) is 0 Å². The van der Waals surface area contributed by atoms with E-state index in [-0.39, 0.29) is 42.7 Å². The summed E-state index contributed by atoms with van der Waals surface area (Å²) in [7, 11) is 5.41. The predicted octanol–water partition coefficient (Wildman–Crippen LogP) is 12.6. The molecule has 0 rings (SSSR count). The molecule has 0 aromatic rings. The van der Waals surface area contributed by atoms with Crippen LogP contribution < -0.4 is 5.11 Å². The topological polar surface area (TPSA) is 102 Å². The Morgan fingerprint density at radius 2 is 0.933 bits per heavy atom. The molecule has 0 aliphatic carbocycles. The van der Waals surface area contributed by atoms with E-state index in [9.17, 15) is 19.5 Å². The lowest BCUT2D eigenvalue weighted by Crippen LogP contribution is -2.55. The highest BCUT2D eigenvalue weighted by Gasteiger charge is 2.25. The average Bonchev–Trinajstić information content (AvgIpc) is 3.21. The van der Waals surface area contributed by atoms with Crippen LogP contribution in [0.2, 0.25) is 0 Å². The van der Waals surface area contributed by atoms with Crippen LogP contribution in [0.1, 0.15) is 213 Å². The number of nitrogens with zero attached hydrogens (tertiary/aromatic N) is 1. The molecule has 0 aliphatic rings. The molecule has 0 radical (unpaired) electrons. The van der Waals surface area contributed by atoms with Crippen LogP contribution >= 0.6 is 0 Å².